The van der Waals surface area contributed by atoms with E-state index in [1.54, 1.807) is 23.9 Å². The first kappa shape index (κ1) is 19.1. The largest absolute Gasteiger partial charge is 0.480 e. The van der Waals surface area contributed by atoms with Crippen molar-refractivity contribution in [3.8, 4) is 0 Å². The van der Waals surface area contributed by atoms with E-state index >= 15 is 0 Å². The van der Waals surface area contributed by atoms with Crippen LogP contribution in [0.2, 0.25) is 0 Å². The lowest BCUT2D eigenvalue weighted by molar-refractivity contribution is -0.137. The fourth-order valence-electron chi connectivity index (χ4n) is 3.49. The topological polar surface area (TPSA) is 86.6 Å². The second-order valence-electron chi connectivity index (χ2n) is 6.90. The standard InChI is InChI=1S/C23H19NO4S/c25-22(26)14-8-10-17(11-9-14)24-19(23(27)28)13-15-5-3-7-21-18(15)12-16-4-1-2-6-20(16)29-21/h1-11,19,24H,12-13H2,(H,25,26)(H,27,28)/t19-/m0/s1. The first-order chi connectivity index (χ1) is 14.0. The van der Waals surface area contributed by atoms with E-state index in [1.165, 1.54) is 28.2 Å². The number of benzene rings is 3. The number of aliphatic carboxylic acids is 1. The number of aromatic carboxylic acids is 1. The lowest BCUT2D eigenvalue weighted by Gasteiger charge is -2.23. The predicted molar refractivity (Wildman–Crippen MR) is 112 cm³/mol. The number of nitrogens with one attached hydrogen (secondary N) is 1. The Hall–Kier alpha value is -3.25. The Morgan fingerprint density at radius 1 is 0.931 bits per heavy atom. The van der Waals surface area contributed by atoms with Crippen molar-refractivity contribution in [3.05, 3.63) is 89.0 Å². The van der Waals surface area contributed by atoms with Crippen molar-refractivity contribution in [1.82, 2.24) is 0 Å². The van der Waals surface area contributed by atoms with Gasteiger partial charge in [-0.15, -0.1) is 0 Å². The Morgan fingerprint density at radius 3 is 2.38 bits per heavy atom. The summed E-state index contributed by atoms with van der Waals surface area (Å²) in [7, 11) is 0. The minimum absolute atomic E-state index is 0.162. The van der Waals surface area contributed by atoms with Gasteiger partial charge in [0, 0.05) is 21.9 Å². The van der Waals surface area contributed by atoms with E-state index in [0.29, 0.717) is 12.1 Å². The summed E-state index contributed by atoms with van der Waals surface area (Å²) in [5.41, 5.74) is 4.17. The number of carboxylic acid groups (broad SMARTS) is 2. The van der Waals surface area contributed by atoms with Crippen LogP contribution in [0.15, 0.2) is 76.5 Å². The molecule has 0 aromatic heterocycles. The third-order valence-electron chi connectivity index (χ3n) is 4.98. The van der Waals surface area contributed by atoms with Gasteiger partial charge < -0.3 is 15.5 Å². The van der Waals surface area contributed by atoms with Crippen molar-refractivity contribution in [2.45, 2.75) is 28.7 Å². The molecule has 0 radical (unpaired) electrons. The third kappa shape index (κ3) is 4.12. The van der Waals surface area contributed by atoms with E-state index < -0.39 is 18.0 Å². The van der Waals surface area contributed by atoms with Crippen LogP contribution in [0.25, 0.3) is 0 Å². The number of hydrogen-bond acceptors (Lipinski definition) is 4. The minimum atomic E-state index is -1.01. The van der Waals surface area contributed by atoms with E-state index in [9.17, 15) is 14.7 Å². The second-order valence-corrected chi connectivity index (χ2v) is 7.99. The SMILES string of the molecule is O=C(O)c1ccc(N[C@@H](Cc2cccc3c2Cc2ccccc2S3)C(=O)O)cc1. The van der Waals surface area contributed by atoms with Crippen LogP contribution in [-0.4, -0.2) is 28.2 Å². The van der Waals surface area contributed by atoms with Gasteiger partial charge in [-0.1, -0.05) is 42.1 Å². The van der Waals surface area contributed by atoms with Crippen LogP contribution >= 0.6 is 11.8 Å². The summed E-state index contributed by atoms with van der Waals surface area (Å²) in [4.78, 5) is 25.3. The van der Waals surface area contributed by atoms with Crippen LogP contribution in [0.5, 0.6) is 0 Å². The lowest BCUT2D eigenvalue weighted by atomic mass is 9.94. The minimum Gasteiger partial charge on any atom is -0.480 e. The highest BCUT2D eigenvalue weighted by Crippen LogP contribution is 2.40. The molecule has 0 bridgehead atoms. The average molecular weight is 405 g/mol. The van der Waals surface area contributed by atoms with Gasteiger partial charge in [-0.25, -0.2) is 9.59 Å². The number of carboxylic acids is 2. The van der Waals surface area contributed by atoms with Crippen LogP contribution in [0, 0.1) is 0 Å². The van der Waals surface area contributed by atoms with E-state index in [-0.39, 0.29) is 5.56 Å². The van der Waals surface area contributed by atoms with E-state index in [4.69, 9.17) is 5.11 Å². The molecule has 0 saturated carbocycles. The van der Waals surface area contributed by atoms with Crippen molar-refractivity contribution >= 4 is 29.4 Å². The Kier molecular flexibility index (Phi) is 5.27. The zero-order valence-corrected chi connectivity index (χ0v) is 16.3. The number of hydrogen-bond donors (Lipinski definition) is 3. The third-order valence-corrected chi connectivity index (χ3v) is 6.21. The van der Waals surface area contributed by atoms with Crippen LogP contribution in [0.3, 0.4) is 0 Å². The summed E-state index contributed by atoms with van der Waals surface area (Å²) in [5, 5.41) is 21.8. The Labute approximate surface area is 172 Å². The zero-order valence-electron chi connectivity index (χ0n) is 15.5. The molecule has 3 aromatic carbocycles. The Morgan fingerprint density at radius 2 is 1.66 bits per heavy atom. The van der Waals surface area contributed by atoms with Gasteiger partial charge in [-0.3, -0.25) is 0 Å². The summed E-state index contributed by atoms with van der Waals surface area (Å²) < 4.78 is 0. The number of fused-ring (bicyclic) bond motifs is 2. The molecule has 6 heteroatoms. The maximum absolute atomic E-state index is 11.9. The van der Waals surface area contributed by atoms with Crippen molar-refractivity contribution in [1.29, 1.82) is 0 Å². The van der Waals surface area contributed by atoms with E-state index in [1.807, 2.05) is 24.3 Å². The fraction of sp³-hybridized carbons (Fsp3) is 0.130. The van der Waals surface area contributed by atoms with Gasteiger partial charge in [-0.2, -0.15) is 0 Å². The first-order valence-electron chi connectivity index (χ1n) is 9.20. The zero-order chi connectivity index (χ0) is 20.4. The van der Waals surface area contributed by atoms with Gasteiger partial charge in [-0.05, 0) is 59.5 Å². The van der Waals surface area contributed by atoms with Gasteiger partial charge in [0.25, 0.3) is 0 Å². The predicted octanol–water partition coefficient (Wildman–Crippen LogP) is 4.55. The van der Waals surface area contributed by atoms with E-state index in [2.05, 4.69) is 23.5 Å². The van der Waals surface area contributed by atoms with E-state index in [0.717, 1.165) is 16.9 Å². The van der Waals surface area contributed by atoms with Crippen LogP contribution in [-0.2, 0) is 17.6 Å². The molecule has 0 unspecified atom stereocenters. The molecule has 4 rings (SSSR count). The molecule has 0 saturated heterocycles. The summed E-state index contributed by atoms with van der Waals surface area (Å²) >= 11 is 1.72. The Bertz CT molecular complexity index is 1080. The molecular weight excluding hydrogens is 386 g/mol. The number of rotatable bonds is 6. The van der Waals surface area contributed by atoms with Gasteiger partial charge in [0.05, 0.1) is 5.56 Å². The van der Waals surface area contributed by atoms with Gasteiger partial charge in [0.1, 0.15) is 6.04 Å². The number of carbonyl (C=O) groups is 2. The fourth-order valence-corrected chi connectivity index (χ4v) is 4.62. The molecule has 5 nitrogen and oxygen atoms in total. The maximum Gasteiger partial charge on any atom is 0.335 e. The average Bonchev–Trinajstić information content (AvgIpc) is 2.72. The quantitative estimate of drug-likeness (QED) is 0.436. The molecule has 1 aliphatic rings. The first-order valence-corrected chi connectivity index (χ1v) is 10.0. The van der Waals surface area contributed by atoms with Gasteiger partial charge >= 0.3 is 11.9 Å². The summed E-state index contributed by atoms with van der Waals surface area (Å²) in [6.45, 7) is 0. The molecule has 0 amide bonds. The highest BCUT2D eigenvalue weighted by Gasteiger charge is 2.23. The second kappa shape index (κ2) is 8.01. The summed E-state index contributed by atoms with van der Waals surface area (Å²) in [6.07, 6.45) is 1.12. The highest BCUT2D eigenvalue weighted by molar-refractivity contribution is 7.99. The molecule has 3 N–H and O–H groups in total. The molecule has 0 aliphatic carbocycles. The lowest BCUT2D eigenvalue weighted by Crippen LogP contribution is -2.32. The molecule has 1 atom stereocenters. The molecule has 3 aromatic rings. The smallest absolute Gasteiger partial charge is 0.335 e. The molecule has 0 fully saturated rings. The van der Waals surface area contributed by atoms with Crippen molar-refractivity contribution in [2.75, 3.05) is 5.32 Å². The van der Waals surface area contributed by atoms with Gasteiger partial charge in [0.2, 0.25) is 0 Å². The van der Waals surface area contributed by atoms with Crippen molar-refractivity contribution in [3.63, 3.8) is 0 Å². The van der Waals surface area contributed by atoms with Crippen LogP contribution in [0.1, 0.15) is 27.0 Å². The molecular formula is C23H19NO4S. The van der Waals surface area contributed by atoms with Crippen molar-refractivity contribution in [2.24, 2.45) is 0 Å². The molecule has 0 spiro atoms. The number of anilines is 1. The normalized spacial score (nSPS) is 13.1. The monoisotopic (exact) mass is 405 g/mol. The van der Waals surface area contributed by atoms with Crippen LogP contribution in [0.4, 0.5) is 5.69 Å². The maximum atomic E-state index is 11.9. The molecule has 146 valence electrons. The summed E-state index contributed by atoms with van der Waals surface area (Å²) in [6, 6.07) is 19.6. The molecule has 1 aliphatic heterocycles. The molecule has 1 heterocycles. The van der Waals surface area contributed by atoms with Crippen LogP contribution < -0.4 is 5.32 Å². The van der Waals surface area contributed by atoms with Gasteiger partial charge in [0.15, 0.2) is 0 Å². The Balaban J connectivity index is 1.57. The molecule has 29 heavy (non-hydrogen) atoms. The summed E-state index contributed by atoms with van der Waals surface area (Å²) in [5.74, 6) is -1.96. The highest BCUT2D eigenvalue weighted by atomic mass is 32.2. The van der Waals surface area contributed by atoms with Crippen molar-refractivity contribution < 1.29 is 19.8 Å².